The van der Waals surface area contributed by atoms with Gasteiger partial charge in [-0.2, -0.15) is 0 Å². The van der Waals surface area contributed by atoms with E-state index in [0.29, 0.717) is 0 Å². The fourth-order valence-corrected chi connectivity index (χ4v) is 1.83. The molecule has 0 heterocycles. The van der Waals surface area contributed by atoms with E-state index in [2.05, 4.69) is 0 Å². The van der Waals surface area contributed by atoms with Crippen LogP contribution < -0.4 is 0 Å². The summed E-state index contributed by atoms with van der Waals surface area (Å²) in [6.07, 6.45) is 0. The Balaban J connectivity index is 3.17. The standard InChI is InChI=1S/C9H8Cl3FO/c10-4-9(14,5-11)6-1-7(12)3-8(13)2-6/h1-3,14H,4-5H2. The van der Waals surface area contributed by atoms with Crippen molar-refractivity contribution in [2.75, 3.05) is 11.8 Å². The quantitative estimate of drug-likeness (QED) is 0.825. The number of aliphatic hydroxyl groups is 1. The summed E-state index contributed by atoms with van der Waals surface area (Å²) in [5, 5.41) is 10.1. The van der Waals surface area contributed by atoms with Crippen molar-refractivity contribution in [2.45, 2.75) is 5.60 Å². The summed E-state index contributed by atoms with van der Waals surface area (Å²) in [5.41, 5.74) is -1.15. The van der Waals surface area contributed by atoms with E-state index >= 15 is 0 Å². The maximum atomic E-state index is 12.9. The second-order valence-electron chi connectivity index (χ2n) is 2.96. The largest absolute Gasteiger partial charge is 0.383 e. The Morgan fingerprint density at radius 1 is 1.21 bits per heavy atom. The first-order valence-electron chi connectivity index (χ1n) is 3.83. The molecule has 1 rings (SSSR count). The molecule has 78 valence electrons. The van der Waals surface area contributed by atoms with Gasteiger partial charge in [0.1, 0.15) is 11.4 Å². The third-order valence-electron chi connectivity index (χ3n) is 1.84. The highest BCUT2D eigenvalue weighted by atomic mass is 35.5. The van der Waals surface area contributed by atoms with E-state index in [1.807, 2.05) is 0 Å². The average molecular weight is 258 g/mol. The van der Waals surface area contributed by atoms with E-state index in [0.717, 1.165) is 12.1 Å². The maximum absolute atomic E-state index is 12.9. The van der Waals surface area contributed by atoms with Crippen LogP contribution >= 0.6 is 34.8 Å². The van der Waals surface area contributed by atoms with Gasteiger partial charge in [0.2, 0.25) is 0 Å². The zero-order valence-corrected chi connectivity index (χ0v) is 9.37. The first-order chi connectivity index (χ1) is 6.51. The molecule has 0 fully saturated rings. The Kier molecular flexibility index (Phi) is 4.02. The number of hydrogen-bond acceptors (Lipinski definition) is 1. The summed E-state index contributed by atoms with van der Waals surface area (Å²) >= 11 is 16.7. The second kappa shape index (κ2) is 4.67. The van der Waals surface area contributed by atoms with Crippen LogP contribution in [0.15, 0.2) is 18.2 Å². The van der Waals surface area contributed by atoms with E-state index in [4.69, 9.17) is 34.8 Å². The normalized spacial score (nSPS) is 11.8. The van der Waals surface area contributed by atoms with Crippen molar-refractivity contribution < 1.29 is 9.50 Å². The van der Waals surface area contributed by atoms with E-state index in [1.165, 1.54) is 6.07 Å². The van der Waals surface area contributed by atoms with Gasteiger partial charge in [-0.05, 0) is 23.8 Å². The first-order valence-corrected chi connectivity index (χ1v) is 5.27. The van der Waals surface area contributed by atoms with Crippen LogP contribution in [-0.2, 0) is 5.60 Å². The van der Waals surface area contributed by atoms with Gasteiger partial charge in [-0.3, -0.25) is 0 Å². The number of benzene rings is 1. The molecule has 0 atom stereocenters. The zero-order valence-electron chi connectivity index (χ0n) is 7.11. The van der Waals surface area contributed by atoms with Gasteiger partial charge in [-0.1, -0.05) is 11.6 Å². The lowest BCUT2D eigenvalue weighted by Crippen LogP contribution is -2.30. The van der Waals surface area contributed by atoms with Gasteiger partial charge in [-0.25, -0.2) is 4.39 Å². The number of hydrogen-bond donors (Lipinski definition) is 1. The molecule has 0 aliphatic heterocycles. The Morgan fingerprint density at radius 3 is 2.21 bits per heavy atom. The van der Waals surface area contributed by atoms with Crippen molar-refractivity contribution in [2.24, 2.45) is 0 Å². The molecule has 0 aliphatic rings. The highest BCUT2D eigenvalue weighted by Crippen LogP contribution is 2.27. The molecule has 0 aromatic heterocycles. The van der Waals surface area contributed by atoms with E-state index in [1.54, 1.807) is 0 Å². The molecule has 0 amide bonds. The van der Waals surface area contributed by atoms with Crippen molar-refractivity contribution >= 4 is 34.8 Å². The van der Waals surface area contributed by atoms with Crippen LogP contribution in [0.3, 0.4) is 0 Å². The van der Waals surface area contributed by atoms with Crippen molar-refractivity contribution in [3.8, 4) is 0 Å². The average Bonchev–Trinajstić information content (AvgIpc) is 2.15. The molecule has 0 saturated heterocycles. The zero-order chi connectivity index (χ0) is 10.8. The fraction of sp³-hybridized carbons (Fsp3) is 0.333. The van der Waals surface area contributed by atoms with Crippen LogP contribution in [0.25, 0.3) is 0 Å². The third-order valence-corrected chi connectivity index (χ3v) is 2.94. The second-order valence-corrected chi connectivity index (χ2v) is 3.93. The Labute approximate surface area is 96.4 Å². The van der Waals surface area contributed by atoms with Crippen molar-refractivity contribution in [3.05, 3.63) is 34.6 Å². The molecule has 1 N–H and O–H groups in total. The molecule has 5 heteroatoms. The van der Waals surface area contributed by atoms with Crippen LogP contribution in [-0.4, -0.2) is 16.9 Å². The predicted octanol–water partition coefficient (Wildman–Crippen LogP) is 3.14. The molecule has 0 saturated carbocycles. The van der Waals surface area contributed by atoms with Gasteiger partial charge in [0.25, 0.3) is 0 Å². The van der Waals surface area contributed by atoms with Gasteiger partial charge in [0, 0.05) is 5.02 Å². The molecule has 0 radical (unpaired) electrons. The van der Waals surface area contributed by atoms with Crippen LogP contribution in [0.4, 0.5) is 4.39 Å². The molecule has 0 aliphatic carbocycles. The van der Waals surface area contributed by atoms with Crippen LogP contribution in [0, 0.1) is 5.82 Å². The van der Waals surface area contributed by atoms with Crippen molar-refractivity contribution in [3.63, 3.8) is 0 Å². The number of rotatable bonds is 3. The minimum atomic E-state index is -1.44. The maximum Gasteiger partial charge on any atom is 0.125 e. The Hall–Kier alpha value is -0.0200. The lowest BCUT2D eigenvalue weighted by molar-refractivity contribution is 0.0859. The molecule has 1 nitrogen and oxygen atoms in total. The van der Waals surface area contributed by atoms with Gasteiger partial charge in [0.05, 0.1) is 11.8 Å². The van der Waals surface area contributed by atoms with Crippen LogP contribution in [0.1, 0.15) is 5.56 Å². The summed E-state index contributed by atoms with van der Waals surface area (Å²) in [6.45, 7) is 0. The van der Waals surface area contributed by atoms with Crippen molar-refractivity contribution in [1.29, 1.82) is 0 Å². The van der Waals surface area contributed by atoms with Crippen LogP contribution in [0.2, 0.25) is 5.02 Å². The van der Waals surface area contributed by atoms with Gasteiger partial charge in [0.15, 0.2) is 0 Å². The monoisotopic (exact) mass is 256 g/mol. The molecule has 0 unspecified atom stereocenters. The summed E-state index contributed by atoms with van der Waals surface area (Å²) in [6, 6.07) is 3.75. The van der Waals surface area contributed by atoms with Gasteiger partial charge >= 0.3 is 0 Å². The highest BCUT2D eigenvalue weighted by molar-refractivity contribution is 6.30. The van der Waals surface area contributed by atoms with Crippen molar-refractivity contribution in [1.82, 2.24) is 0 Å². The molecule has 1 aromatic carbocycles. The smallest absolute Gasteiger partial charge is 0.125 e. The van der Waals surface area contributed by atoms with E-state index in [-0.39, 0.29) is 22.3 Å². The molecule has 1 aromatic rings. The van der Waals surface area contributed by atoms with E-state index in [9.17, 15) is 9.50 Å². The predicted molar refractivity (Wildman–Crippen MR) is 56.7 cm³/mol. The third kappa shape index (κ3) is 2.51. The number of halogens is 4. The summed E-state index contributed by atoms with van der Waals surface area (Å²) in [4.78, 5) is 0. The van der Waals surface area contributed by atoms with Crippen LogP contribution in [0.5, 0.6) is 0 Å². The van der Waals surface area contributed by atoms with Gasteiger partial charge < -0.3 is 5.11 Å². The Morgan fingerprint density at radius 2 is 1.79 bits per heavy atom. The lowest BCUT2D eigenvalue weighted by atomic mass is 9.98. The highest BCUT2D eigenvalue weighted by Gasteiger charge is 2.28. The minimum absolute atomic E-state index is 0.115. The molecule has 0 spiro atoms. The topological polar surface area (TPSA) is 20.2 Å². The molecule has 0 bridgehead atoms. The molecule has 14 heavy (non-hydrogen) atoms. The summed E-state index contributed by atoms with van der Waals surface area (Å²) in [5.74, 6) is -0.756. The summed E-state index contributed by atoms with van der Waals surface area (Å²) in [7, 11) is 0. The SMILES string of the molecule is OC(CCl)(CCl)c1cc(F)cc(Cl)c1. The number of alkyl halides is 2. The van der Waals surface area contributed by atoms with E-state index < -0.39 is 11.4 Å². The molecular weight excluding hydrogens is 249 g/mol. The summed E-state index contributed by atoms with van der Waals surface area (Å²) < 4.78 is 12.9. The van der Waals surface area contributed by atoms with Gasteiger partial charge in [-0.15, -0.1) is 23.2 Å². The first kappa shape index (κ1) is 12.1. The minimum Gasteiger partial charge on any atom is -0.383 e. The lowest BCUT2D eigenvalue weighted by Gasteiger charge is -2.23. The fourth-order valence-electron chi connectivity index (χ4n) is 1.01. The Bertz CT molecular complexity index is 306. The molecular formula is C9H8Cl3FO.